The van der Waals surface area contributed by atoms with Gasteiger partial charge in [-0.05, 0) is 13.0 Å². The van der Waals surface area contributed by atoms with Crippen LogP contribution >= 0.6 is 0 Å². The van der Waals surface area contributed by atoms with Crippen molar-refractivity contribution >= 4 is 0 Å². The molecule has 80 valence electrons. The van der Waals surface area contributed by atoms with E-state index in [0.717, 1.165) is 24.2 Å². The molecule has 0 bridgehead atoms. The van der Waals surface area contributed by atoms with E-state index in [1.54, 1.807) is 15.6 Å². The number of nitrogens with two attached hydrogens (primary N) is 1. The molecule has 2 aromatic heterocycles. The van der Waals surface area contributed by atoms with Gasteiger partial charge in [-0.3, -0.25) is 9.36 Å². The predicted octanol–water partition coefficient (Wildman–Crippen LogP) is 0.0274. The average Bonchev–Trinajstić information content (AvgIpc) is 2.83. The summed E-state index contributed by atoms with van der Waals surface area (Å²) in [5.41, 5.74) is 7.25. The van der Waals surface area contributed by atoms with Crippen LogP contribution < -0.4 is 5.73 Å². The number of rotatable bonds is 4. The van der Waals surface area contributed by atoms with Gasteiger partial charge in [-0.15, -0.1) is 5.10 Å². The Bertz CT molecular complexity index is 429. The Kier molecular flexibility index (Phi) is 2.77. The van der Waals surface area contributed by atoms with Crippen LogP contribution in [0.4, 0.5) is 0 Å². The van der Waals surface area contributed by atoms with Crippen LogP contribution in [0.25, 0.3) is 11.3 Å². The van der Waals surface area contributed by atoms with E-state index >= 15 is 0 Å². The summed E-state index contributed by atoms with van der Waals surface area (Å²) in [6.07, 6.45) is 6.51. The molecule has 0 aromatic carbocycles. The van der Waals surface area contributed by atoms with Crippen molar-refractivity contribution in [1.82, 2.24) is 24.8 Å². The van der Waals surface area contributed by atoms with Gasteiger partial charge in [0.15, 0.2) is 0 Å². The molecule has 0 fully saturated rings. The van der Waals surface area contributed by atoms with Crippen molar-refractivity contribution in [3.8, 4) is 11.3 Å². The molecule has 6 nitrogen and oxygen atoms in total. The van der Waals surface area contributed by atoms with E-state index in [0.29, 0.717) is 6.54 Å². The van der Waals surface area contributed by atoms with Crippen molar-refractivity contribution in [2.45, 2.75) is 13.0 Å². The van der Waals surface area contributed by atoms with Gasteiger partial charge >= 0.3 is 0 Å². The van der Waals surface area contributed by atoms with Gasteiger partial charge in [0.2, 0.25) is 0 Å². The van der Waals surface area contributed by atoms with Crippen molar-refractivity contribution in [3.63, 3.8) is 0 Å². The van der Waals surface area contributed by atoms with E-state index in [1.807, 2.05) is 19.4 Å². The van der Waals surface area contributed by atoms with E-state index < -0.39 is 0 Å². The van der Waals surface area contributed by atoms with E-state index in [1.165, 1.54) is 0 Å². The van der Waals surface area contributed by atoms with Crippen LogP contribution in [0, 0.1) is 0 Å². The largest absolute Gasteiger partial charge is 0.330 e. The Hall–Kier alpha value is -1.69. The molecule has 2 aromatic rings. The van der Waals surface area contributed by atoms with Gasteiger partial charge in [-0.1, -0.05) is 5.21 Å². The van der Waals surface area contributed by atoms with Gasteiger partial charge in [0.25, 0.3) is 0 Å². The van der Waals surface area contributed by atoms with Gasteiger partial charge in [0.05, 0.1) is 12.4 Å². The third-order valence-corrected chi connectivity index (χ3v) is 2.13. The van der Waals surface area contributed by atoms with Crippen molar-refractivity contribution in [2.24, 2.45) is 12.8 Å². The molecule has 0 radical (unpaired) electrons. The van der Waals surface area contributed by atoms with Crippen molar-refractivity contribution in [1.29, 1.82) is 0 Å². The highest BCUT2D eigenvalue weighted by atomic mass is 15.4. The Labute approximate surface area is 87.7 Å². The summed E-state index contributed by atoms with van der Waals surface area (Å²) in [6.45, 7) is 1.48. The Balaban J connectivity index is 2.13. The van der Waals surface area contributed by atoms with Crippen molar-refractivity contribution < 1.29 is 0 Å². The third-order valence-electron chi connectivity index (χ3n) is 2.13. The summed E-state index contributed by atoms with van der Waals surface area (Å²) >= 11 is 0. The molecule has 0 saturated heterocycles. The quantitative estimate of drug-likeness (QED) is 0.765. The first-order chi connectivity index (χ1) is 7.29. The molecular weight excluding hydrogens is 192 g/mol. The SMILES string of the molecule is Cn1cc(-c2cn(CCCN)nn2)cn1. The highest BCUT2D eigenvalue weighted by Crippen LogP contribution is 2.13. The molecule has 2 N–H and O–H groups in total. The summed E-state index contributed by atoms with van der Waals surface area (Å²) in [6, 6.07) is 0. The molecule has 2 rings (SSSR count). The molecule has 0 amide bonds. The lowest BCUT2D eigenvalue weighted by molar-refractivity contribution is 0.564. The second kappa shape index (κ2) is 4.22. The molecule has 0 aliphatic heterocycles. The van der Waals surface area contributed by atoms with Gasteiger partial charge in [0, 0.05) is 25.4 Å². The summed E-state index contributed by atoms with van der Waals surface area (Å²) in [4.78, 5) is 0. The molecule has 0 atom stereocenters. The van der Waals surface area contributed by atoms with Crippen LogP contribution in [-0.2, 0) is 13.6 Å². The third kappa shape index (κ3) is 2.21. The number of hydrogen-bond acceptors (Lipinski definition) is 4. The fourth-order valence-corrected chi connectivity index (χ4v) is 1.35. The highest BCUT2D eigenvalue weighted by Gasteiger charge is 2.04. The molecule has 0 saturated carbocycles. The first kappa shape index (κ1) is 9.85. The fraction of sp³-hybridized carbons (Fsp3) is 0.444. The second-order valence-electron chi connectivity index (χ2n) is 3.41. The maximum Gasteiger partial charge on any atom is 0.116 e. The summed E-state index contributed by atoms with van der Waals surface area (Å²) < 4.78 is 3.55. The Morgan fingerprint density at radius 2 is 2.27 bits per heavy atom. The topological polar surface area (TPSA) is 74.5 Å². The smallest absolute Gasteiger partial charge is 0.116 e. The first-order valence-electron chi connectivity index (χ1n) is 4.89. The van der Waals surface area contributed by atoms with Crippen molar-refractivity contribution in [2.75, 3.05) is 6.54 Å². The van der Waals surface area contributed by atoms with Crippen LogP contribution in [0.3, 0.4) is 0 Å². The van der Waals surface area contributed by atoms with Gasteiger partial charge in [-0.2, -0.15) is 5.10 Å². The van der Waals surface area contributed by atoms with Crippen LogP contribution in [-0.4, -0.2) is 31.3 Å². The van der Waals surface area contributed by atoms with E-state index in [-0.39, 0.29) is 0 Å². The Morgan fingerprint density at radius 3 is 2.93 bits per heavy atom. The lowest BCUT2D eigenvalue weighted by atomic mass is 10.3. The van der Waals surface area contributed by atoms with Crippen LogP contribution in [0.15, 0.2) is 18.6 Å². The van der Waals surface area contributed by atoms with E-state index in [2.05, 4.69) is 15.4 Å². The van der Waals surface area contributed by atoms with E-state index in [4.69, 9.17) is 5.73 Å². The zero-order valence-electron chi connectivity index (χ0n) is 8.67. The molecule has 2 heterocycles. The van der Waals surface area contributed by atoms with Gasteiger partial charge < -0.3 is 5.73 Å². The maximum atomic E-state index is 5.42. The van der Waals surface area contributed by atoms with Gasteiger partial charge in [0.1, 0.15) is 5.69 Å². The van der Waals surface area contributed by atoms with Gasteiger partial charge in [-0.25, -0.2) is 0 Å². The van der Waals surface area contributed by atoms with Crippen molar-refractivity contribution in [3.05, 3.63) is 18.6 Å². The summed E-state index contributed by atoms with van der Waals surface area (Å²) in [5, 5.41) is 12.2. The average molecular weight is 206 g/mol. The maximum absolute atomic E-state index is 5.42. The van der Waals surface area contributed by atoms with E-state index in [9.17, 15) is 0 Å². The minimum absolute atomic E-state index is 0.669. The standard InChI is InChI=1S/C9H14N6/c1-14-6-8(5-11-14)9-7-15(13-12-9)4-2-3-10/h5-7H,2-4,10H2,1H3. The summed E-state index contributed by atoms with van der Waals surface area (Å²) in [5.74, 6) is 0. The normalized spacial score (nSPS) is 10.8. The zero-order valence-corrected chi connectivity index (χ0v) is 8.67. The van der Waals surface area contributed by atoms with Crippen LogP contribution in [0.5, 0.6) is 0 Å². The molecule has 0 aliphatic rings. The van der Waals surface area contributed by atoms with Crippen LogP contribution in [0.1, 0.15) is 6.42 Å². The second-order valence-corrected chi connectivity index (χ2v) is 3.41. The number of nitrogens with zero attached hydrogens (tertiary/aromatic N) is 5. The fourth-order valence-electron chi connectivity index (χ4n) is 1.35. The zero-order chi connectivity index (χ0) is 10.7. The monoisotopic (exact) mass is 206 g/mol. The van der Waals surface area contributed by atoms with Crippen LogP contribution in [0.2, 0.25) is 0 Å². The minimum atomic E-state index is 0.669. The minimum Gasteiger partial charge on any atom is -0.330 e. The Morgan fingerprint density at radius 1 is 1.40 bits per heavy atom. The lowest BCUT2D eigenvalue weighted by Gasteiger charge is -1.95. The molecule has 0 spiro atoms. The molecule has 6 heteroatoms. The summed E-state index contributed by atoms with van der Waals surface area (Å²) in [7, 11) is 1.88. The highest BCUT2D eigenvalue weighted by molar-refractivity contribution is 5.54. The number of aromatic nitrogens is 5. The molecule has 15 heavy (non-hydrogen) atoms. The first-order valence-corrected chi connectivity index (χ1v) is 4.89. The molecule has 0 aliphatic carbocycles. The lowest BCUT2D eigenvalue weighted by Crippen LogP contribution is -2.06. The molecular formula is C9H14N6. The number of hydrogen-bond donors (Lipinski definition) is 1. The number of aryl methyl sites for hydroxylation is 2. The predicted molar refractivity (Wildman–Crippen MR) is 55.9 cm³/mol. The molecule has 0 unspecified atom stereocenters.